The van der Waals surface area contributed by atoms with E-state index >= 15 is 0 Å². The Bertz CT molecular complexity index is 923. The minimum absolute atomic E-state index is 0.0228. The first-order valence-electron chi connectivity index (χ1n) is 10.5. The fourth-order valence-electron chi connectivity index (χ4n) is 4.37. The molecule has 2 aromatic rings. The number of aromatic hydroxyl groups is 1. The Hall–Kier alpha value is -2.48. The van der Waals surface area contributed by atoms with Crippen LogP contribution >= 0.6 is 11.6 Å². The molecule has 8 heteroatoms. The number of aliphatic hydroxyl groups is 1. The number of phenols is 1. The van der Waals surface area contributed by atoms with Gasteiger partial charge in [-0.15, -0.1) is 0 Å². The number of benzene rings is 2. The highest BCUT2D eigenvalue weighted by Gasteiger charge is 2.42. The first-order chi connectivity index (χ1) is 14.9. The van der Waals surface area contributed by atoms with Gasteiger partial charge in [-0.2, -0.15) is 0 Å². The number of nitrogens with zero attached hydrogens (tertiary/aromatic N) is 1. The SMILES string of the molecule is CC(=O)Nc1ccc(O)cc1OC1CCC(N2CCC(Oc3ccc(Cl)cc3)C2)C1O. The fraction of sp³-hybridized carbons (Fsp3) is 0.435. The van der Waals surface area contributed by atoms with Crippen LogP contribution in [0.3, 0.4) is 0 Å². The molecule has 166 valence electrons. The van der Waals surface area contributed by atoms with Gasteiger partial charge in [-0.1, -0.05) is 11.6 Å². The minimum atomic E-state index is -0.679. The van der Waals surface area contributed by atoms with E-state index in [1.165, 1.54) is 19.1 Å². The van der Waals surface area contributed by atoms with E-state index in [1.807, 2.05) is 24.3 Å². The largest absolute Gasteiger partial charge is 0.508 e. The molecule has 2 aliphatic rings. The number of hydrogen-bond acceptors (Lipinski definition) is 6. The fourth-order valence-corrected chi connectivity index (χ4v) is 4.50. The molecule has 1 aliphatic carbocycles. The van der Waals surface area contributed by atoms with Gasteiger partial charge < -0.3 is 25.0 Å². The van der Waals surface area contributed by atoms with E-state index in [0.29, 0.717) is 22.9 Å². The Kier molecular flexibility index (Phi) is 6.55. The van der Waals surface area contributed by atoms with Gasteiger partial charge in [0.15, 0.2) is 0 Å². The average molecular weight is 447 g/mol. The summed E-state index contributed by atoms with van der Waals surface area (Å²) in [6, 6.07) is 11.8. The van der Waals surface area contributed by atoms with Crippen molar-refractivity contribution in [2.75, 3.05) is 18.4 Å². The number of phenolic OH excluding ortho intramolecular Hbond substituents is 1. The molecular weight excluding hydrogens is 420 g/mol. The van der Waals surface area contributed by atoms with Gasteiger partial charge in [0.2, 0.25) is 5.91 Å². The van der Waals surface area contributed by atoms with Crippen molar-refractivity contribution in [3.05, 3.63) is 47.5 Å². The summed E-state index contributed by atoms with van der Waals surface area (Å²) in [5.74, 6) is 0.947. The minimum Gasteiger partial charge on any atom is -0.508 e. The molecule has 7 nitrogen and oxygen atoms in total. The lowest BCUT2D eigenvalue weighted by molar-refractivity contribution is -0.114. The third-order valence-electron chi connectivity index (χ3n) is 5.84. The maximum atomic E-state index is 11.5. The van der Waals surface area contributed by atoms with E-state index in [9.17, 15) is 15.0 Å². The van der Waals surface area contributed by atoms with Crippen LogP contribution in [-0.4, -0.2) is 58.5 Å². The van der Waals surface area contributed by atoms with Crippen molar-refractivity contribution >= 4 is 23.2 Å². The molecule has 1 saturated carbocycles. The number of nitrogens with one attached hydrogen (secondary N) is 1. The highest BCUT2D eigenvalue weighted by molar-refractivity contribution is 6.30. The van der Waals surface area contributed by atoms with E-state index < -0.39 is 12.2 Å². The Labute approximate surface area is 186 Å². The lowest BCUT2D eigenvalue weighted by Gasteiger charge is -2.28. The smallest absolute Gasteiger partial charge is 0.221 e. The number of anilines is 1. The Morgan fingerprint density at radius 1 is 1.13 bits per heavy atom. The molecule has 0 spiro atoms. The second-order valence-corrected chi connectivity index (χ2v) is 8.57. The maximum Gasteiger partial charge on any atom is 0.221 e. The highest BCUT2D eigenvalue weighted by atomic mass is 35.5. The Balaban J connectivity index is 1.36. The van der Waals surface area contributed by atoms with E-state index in [0.717, 1.165) is 31.7 Å². The highest BCUT2D eigenvalue weighted by Crippen LogP contribution is 2.35. The van der Waals surface area contributed by atoms with Crippen LogP contribution in [0, 0.1) is 0 Å². The summed E-state index contributed by atoms with van der Waals surface area (Å²) < 4.78 is 12.1. The summed E-state index contributed by atoms with van der Waals surface area (Å²) in [4.78, 5) is 13.7. The van der Waals surface area contributed by atoms with Gasteiger partial charge in [-0.25, -0.2) is 0 Å². The topological polar surface area (TPSA) is 91.3 Å². The summed E-state index contributed by atoms with van der Waals surface area (Å²) in [7, 11) is 0. The van der Waals surface area contributed by atoms with Gasteiger partial charge >= 0.3 is 0 Å². The number of amides is 1. The summed E-state index contributed by atoms with van der Waals surface area (Å²) in [5.41, 5.74) is 0.471. The van der Waals surface area contributed by atoms with Crippen molar-refractivity contribution in [2.45, 2.75) is 50.5 Å². The summed E-state index contributed by atoms with van der Waals surface area (Å²) in [5, 5.41) is 24.1. The molecule has 1 heterocycles. The van der Waals surface area contributed by atoms with Crippen LogP contribution in [0.2, 0.25) is 5.02 Å². The van der Waals surface area contributed by atoms with E-state index in [4.69, 9.17) is 21.1 Å². The average Bonchev–Trinajstić information content (AvgIpc) is 3.32. The summed E-state index contributed by atoms with van der Waals surface area (Å²) in [6.07, 6.45) is 1.33. The molecule has 1 aliphatic heterocycles. The normalized spacial score (nSPS) is 26.0. The Morgan fingerprint density at radius 3 is 2.65 bits per heavy atom. The number of carbonyl (C=O) groups is 1. The molecular formula is C23H27ClN2O5. The van der Waals surface area contributed by atoms with Crippen molar-refractivity contribution in [2.24, 2.45) is 0 Å². The van der Waals surface area contributed by atoms with Gasteiger partial charge in [0.1, 0.15) is 35.6 Å². The standard InChI is InChI=1S/C23H27ClN2O5/c1-14(27)25-19-7-4-16(28)12-22(19)31-21-9-8-20(23(21)29)26-11-10-18(13-26)30-17-5-2-15(24)3-6-17/h2-7,12,18,20-21,23,28-29H,8-11,13H2,1H3,(H,25,27). The van der Waals surface area contributed by atoms with Gasteiger partial charge in [0, 0.05) is 37.1 Å². The molecule has 2 fully saturated rings. The van der Waals surface area contributed by atoms with Crippen LogP contribution in [0.15, 0.2) is 42.5 Å². The van der Waals surface area contributed by atoms with Crippen molar-refractivity contribution < 1.29 is 24.5 Å². The molecule has 4 atom stereocenters. The predicted molar refractivity (Wildman–Crippen MR) is 118 cm³/mol. The number of carbonyl (C=O) groups excluding carboxylic acids is 1. The molecule has 31 heavy (non-hydrogen) atoms. The quantitative estimate of drug-likeness (QED) is 0.589. The monoisotopic (exact) mass is 446 g/mol. The molecule has 3 N–H and O–H groups in total. The molecule has 0 aromatic heterocycles. The zero-order chi connectivity index (χ0) is 22.0. The predicted octanol–water partition coefficient (Wildman–Crippen LogP) is 3.43. The zero-order valence-corrected chi connectivity index (χ0v) is 18.1. The van der Waals surface area contributed by atoms with Gasteiger partial charge in [-0.3, -0.25) is 9.69 Å². The lowest BCUT2D eigenvalue weighted by Crippen LogP contribution is -2.44. The molecule has 0 bridgehead atoms. The van der Waals surface area contributed by atoms with Crippen LogP contribution in [0.5, 0.6) is 17.2 Å². The van der Waals surface area contributed by atoms with Crippen LogP contribution < -0.4 is 14.8 Å². The molecule has 1 saturated heterocycles. The second kappa shape index (κ2) is 9.34. The third-order valence-corrected chi connectivity index (χ3v) is 6.09. The number of rotatable bonds is 6. The number of hydrogen-bond donors (Lipinski definition) is 3. The maximum absolute atomic E-state index is 11.5. The Morgan fingerprint density at radius 2 is 1.90 bits per heavy atom. The van der Waals surface area contributed by atoms with Crippen molar-refractivity contribution in [3.8, 4) is 17.2 Å². The first-order valence-corrected chi connectivity index (χ1v) is 10.9. The van der Waals surface area contributed by atoms with Gasteiger partial charge in [0.25, 0.3) is 0 Å². The van der Waals surface area contributed by atoms with Crippen LogP contribution in [0.1, 0.15) is 26.2 Å². The van der Waals surface area contributed by atoms with Crippen LogP contribution in [0.4, 0.5) is 5.69 Å². The van der Waals surface area contributed by atoms with Gasteiger partial charge in [-0.05, 0) is 55.7 Å². The number of aliphatic hydroxyl groups excluding tert-OH is 1. The first kappa shape index (κ1) is 21.7. The molecule has 1 amide bonds. The van der Waals surface area contributed by atoms with Crippen LogP contribution in [-0.2, 0) is 4.79 Å². The third kappa shape index (κ3) is 5.23. The van der Waals surface area contributed by atoms with E-state index in [1.54, 1.807) is 6.07 Å². The molecule has 0 radical (unpaired) electrons. The summed E-state index contributed by atoms with van der Waals surface area (Å²) in [6.45, 7) is 2.99. The van der Waals surface area contributed by atoms with E-state index in [2.05, 4.69) is 10.2 Å². The van der Waals surface area contributed by atoms with Gasteiger partial charge in [0.05, 0.1) is 5.69 Å². The van der Waals surface area contributed by atoms with Crippen molar-refractivity contribution in [1.29, 1.82) is 0 Å². The van der Waals surface area contributed by atoms with Crippen molar-refractivity contribution in [3.63, 3.8) is 0 Å². The number of halogens is 1. The van der Waals surface area contributed by atoms with Crippen molar-refractivity contribution in [1.82, 2.24) is 4.90 Å². The molecule has 2 aromatic carbocycles. The second-order valence-electron chi connectivity index (χ2n) is 8.13. The molecule has 4 unspecified atom stereocenters. The zero-order valence-electron chi connectivity index (χ0n) is 17.3. The van der Waals surface area contributed by atoms with E-state index in [-0.39, 0.29) is 23.8 Å². The van der Waals surface area contributed by atoms with Crippen LogP contribution in [0.25, 0.3) is 0 Å². The number of ether oxygens (including phenoxy) is 2. The number of likely N-dealkylation sites (tertiary alicyclic amines) is 1. The lowest BCUT2D eigenvalue weighted by atomic mass is 10.1. The molecule has 4 rings (SSSR count). The summed E-state index contributed by atoms with van der Waals surface area (Å²) >= 11 is 5.93.